The van der Waals surface area contributed by atoms with Gasteiger partial charge in [0.25, 0.3) is 0 Å². The van der Waals surface area contributed by atoms with Gasteiger partial charge in [0.15, 0.2) is 0 Å². The van der Waals surface area contributed by atoms with Crippen LogP contribution in [0.4, 0.5) is 24.5 Å². The Morgan fingerprint density at radius 3 is 2.57 bits per heavy atom. The van der Waals surface area contributed by atoms with Crippen molar-refractivity contribution in [1.29, 1.82) is 0 Å². The van der Waals surface area contributed by atoms with E-state index in [2.05, 4.69) is 15.0 Å². The molecule has 1 fully saturated rings. The van der Waals surface area contributed by atoms with E-state index in [1.165, 1.54) is 6.42 Å². The van der Waals surface area contributed by atoms with Crippen molar-refractivity contribution in [2.45, 2.75) is 31.9 Å². The van der Waals surface area contributed by atoms with E-state index in [0.29, 0.717) is 5.69 Å². The number of nitrogens with one attached hydrogen (secondary N) is 1. The van der Waals surface area contributed by atoms with Crippen molar-refractivity contribution >= 4 is 17.3 Å². The minimum atomic E-state index is -4.36. The molecule has 0 atom stereocenters. The van der Waals surface area contributed by atoms with Gasteiger partial charge in [0.05, 0.1) is 24.4 Å². The molecule has 0 aliphatic carbocycles. The van der Waals surface area contributed by atoms with Gasteiger partial charge in [-0.15, -0.1) is 0 Å². The number of anilines is 2. The average molecular weight is 330 g/mol. The van der Waals surface area contributed by atoms with Crippen LogP contribution in [-0.2, 0) is 9.53 Å². The Kier molecular flexibility index (Phi) is 6.27. The number of piperidine rings is 1. The van der Waals surface area contributed by atoms with Gasteiger partial charge in [0.1, 0.15) is 6.61 Å². The SMILES string of the molecule is O=C(CCOCC(F)(F)F)Nc1ccccc1N1CCCCC1. The van der Waals surface area contributed by atoms with Crippen LogP contribution in [0.25, 0.3) is 0 Å². The second-order valence-electron chi connectivity index (χ2n) is 5.53. The lowest BCUT2D eigenvalue weighted by Crippen LogP contribution is -2.30. The fourth-order valence-electron chi connectivity index (χ4n) is 2.56. The summed E-state index contributed by atoms with van der Waals surface area (Å²) in [6, 6.07) is 7.48. The Labute approximate surface area is 133 Å². The third-order valence-electron chi connectivity index (χ3n) is 3.61. The zero-order valence-corrected chi connectivity index (χ0v) is 12.9. The first-order valence-corrected chi connectivity index (χ1v) is 7.74. The summed E-state index contributed by atoms with van der Waals surface area (Å²) in [4.78, 5) is 14.1. The van der Waals surface area contributed by atoms with Crippen molar-refractivity contribution in [3.63, 3.8) is 0 Å². The summed E-state index contributed by atoms with van der Waals surface area (Å²) >= 11 is 0. The smallest absolute Gasteiger partial charge is 0.372 e. The number of nitrogens with zero attached hydrogens (tertiary/aromatic N) is 1. The minimum absolute atomic E-state index is 0.107. The Morgan fingerprint density at radius 1 is 1.17 bits per heavy atom. The molecular weight excluding hydrogens is 309 g/mol. The van der Waals surface area contributed by atoms with Gasteiger partial charge in [-0.25, -0.2) is 0 Å². The number of rotatable bonds is 6. The molecule has 0 aromatic heterocycles. The number of ether oxygens (including phenoxy) is 1. The molecule has 0 unspecified atom stereocenters. The highest BCUT2D eigenvalue weighted by Gasteiger charge is 2.27. The number of halogens is 3. The maximum Gasteiger partial charge on any atom is 0.411 e. The van der Waals surface area contributed by atoms with Crippen LogP contribution in [-0.4, -0.2) is 38.4 Å². The normalized spacial score (nSPS) is 15.5. The lowest BCUT2D eigenvalue weighted by Gasteiger charge is -2.30. The molecule has 1 saturated heterocycles. The van der Waals surface area contributed by atoms with E-state index in [-0.39, 0.29) is 18.9 Å². The maximum absolute atomic E-state index is 12.0. The molecule has 0 radical (unpaired) electrons. The highest BCUT2D eigenvalue weighted by atomic mass is 19.4. The van der Waals surface area contributed by atoms with Gasteiger partial charge in [-0.05, 0) is 31.4 Å². The molecule has 1 amide bonds. The van der Waals surface area contributed by atoms with E-state index in [9.17, 15) is 18.0 Å². The molecule has 1 aromatic rings. The first-order valence-electron chi connectivity index (χ1n) is 7.74. The molecular formula is C16H21F3N2O2. The number of hydrogen-bond donors (Lipinski definition) is 1. The van der Waals surface area contributed by atoms with E-state index in [1.54, 1.807) is 6.07 Å². The highest BCUT2D eigenvalue weighted by Crippen LogP contribution is 2.28. The molecule has 2 rings (SSSR count). The van der Waals surface area contributed by atoms with E-state index >= 15 is 0 Å². The Bertz CT molecular complexity index is 514. The van der Waals surface area contributed by atoms with Crippen LogP contribution >= 0.6 is 0 Å². The number of para-hydroxylation sites is 2. The van der Waals surface area contributed by atoms with Crippen molar-refractivity contribution in [2.24, 2.45) is 0 Å². The van der Waals surface area contributed by atoms with Gasteiger partial charge in [-0.2, -0.15) is 13.2 Å². The molecule has 23 heavy (non-hydrogen) atoms. The molecule has 1 aromatic carbocycles. The molecule has 1 aliphatic rings. The number of amides is 1. The van der Waals surface area contributed by atoms with Crippen LogP contribution in [0.2, 0.25) is 0 Å². The summed E-state index contributed by atoms with van der Waals surface area (Å²) in [5.74, 6) is -0.350. The van der Waals surface area contributed by atoms with Gasteiger partial charge in [0, 0.05) is 13.1 Å². The molecule has 0 bridgehead atoms. The highest BCUT2D eigenvalue weighted by molar-refractivity contribution is 5.94. The second kappa shape index (κ2) is 8.19. The summed E-state index contributed by atoms with van der Waals surface area (Å²) in [6.07, 6.45) is -1.02. The Hall–Kier alpha value is -1.76. The van der Waals surface area contributed by atoms with Crippen LogP contribution in [0.1, 0.15) is 25.7 Å². The van der Waals surface area contributed by atoms with Gasteiger partial charge in [0.2, 0.25) is 5.91 Å². The Balaban J connectivity index is 1.85. The monoisotopic (exact) mass is 330 g/mol. The lowest BCUT2D eigenvalue weighted by molar-refractivity contribution is -0.174. The predicted molar refractivity (Wildman–Crippen MR) is 82.6 cm³/mol. The number of carbonyl (C=O) groups excluding carboxylic acids is 1. The molecule has 0 spiro atoms. The van der Waals surface area contributed by atoms with Crippen LogP contribution < -0.4 is 10.2 Å². The van der Waals surface area contributed by atoms with Crippen molar-refractivity contribution in [3.05, 3.63) is 24.3 Å². The predicted octanol–water partition coefficient (Wildman–Crippen LogP) is 3.58. The Morgan fingerprint density at radius 2 is 1.87 bits per heavy atom. The number of carbonyl (C=O) groups is 1. The van der Waals surface area contributed by atoms with Crippen LogP contribution in [0.3, 0.4) is 0 Å². The average Bonchev–Trinajstić information content (AvgIpc) is 2.52. The van der Waals surface area contributed by atoms with Crippen molar-refractivity contribution in [1.82, 2.24) is 0 Å². The number of benzene rings is 1. The summed E-state index contributed by atoms with van der Waals surface area (Å²) in [5, 5.41) is 2.76. The molecule has 4 nitrogen and oxygen atoms in total. The summed E-state index contributed by atoms with van der Waals surface area (Å²) < 4.78 is 40.3. The zero-order chi connectivity index (χ0) is 16.7. The third-order valence-corrected chi connectivity index (χ3v) is 3.61. The number of alkyl halides is 3. The van der Waals surface area contributed by atoms with E-state index in [1.807, 2.05) is 18.2 Å². The van der Waals surface area contributed by atoms with Crippen LogP contribution in [0, 0.1) is 0 Å². The van der Waals surface area contributed by atoms with E-state index in [0.717, 1.165) is 31.6 Å². The minimum Gasteiger partial charge on any atom is -0.372 e. The first-order chi connectivity index (χ1) is 11.0. The molecule has 1 N–H and O–H groups in total. The fourth-order valence-corrected chi connectivity index (χ4v) is 2.56. The second-order valence-corrected chi connectivity index (χ2v) is 5.53. The quantitative estimate of drug-likeness (QED) is 0.811. The van der Waals surface area contributed by atoms with Crippen LogP contribution in [0.15, 0.2) is 24.3 Å². The molecule has 1 aliphatic heterocycles. The van der Waals surface area contributed by atoms with Gasteiger partial charge in [-0.1, -0.05) is 12.1 Å². The summed E-state index contributed by atoms with van der Waals surface area (Å²) in [5.41, 5.74) is 1.65. The summed E-state index contributed by atoms with van der Waals surface area (Å²) in [7, 11) is 0. The van der Waals surface area contributed by atoms with Gasteiger partial charge < -0.3 is 15.0 Å². The van der Waals surface area contributed by atoms with E-state index < -0.39 is 12.8 Å². The van der Waals surface area contributed by atoms with E-state index in [4.69, 9.17) is 0 Å². The third kappa shape index (κ3) is 6.09. The first kappa shape index (κ1) is 17.6. The van der Waals surface area contributed by atoms with Crippen molar-refractivity contribution < 1.29 is 22.7 Å². The van der Waals surface area contributed by atoms with Gasteiger partial charge >= 0.3 is 6.18 Å². The molecule has 128 valence electrons. The van der Waals surface area contributed by atoms with Crippen molar-refractivity contribution in [3.8, 4) is 0 Å². The molecule has 7 heteroatoms. The maximum atomic E-state index is 12.0. The lowest BCUT2D eigenvalue weighted by atomic mass is 10.1. The van der Waals surface area contributed by atoms with Gasteiger partial charge in [-0.3, -0.25) is 4.79 Å². The van der Waals surface area contributed by atoms with Crippen LogP contribution in [0.5, 0.6) is 0 Å². The fraction of sp³-hybridized carbons (Fsp3) is 0.562. The largest absolute Gasteiger partial charge is 0.411 e. The topological polar surface area (TPSA) is 41.6 Å². The summed E-state index contributed by atoms with van der Waals surface area (Å²) in [6.45, 7) is 0.311. The van der Waals surface area contributed by atoms with Crippen molar-refractivity contribution in [2.75, 3.05) is 36.5 Å². The zero-order valence-electron chi connectivity index (χ0n) is 12.9. The number of hydrogen-bond acceptors (Lipinski definition) is 3. The standard InChI is InChI=1S/C16H21F3N2O2/c17-16(18,19)12-23-11-8-15(22)20-13-6-2-3-7-14(13)21-9-4-1-5-10-21/h2-3,6-7H,1,4-5,8-12H2,(H,20,22). The molecule has 0 saturated carbocycles. The molecule has 1 heterocycles.